The summed E-state index contributed by atoms with van der Waals surface area (Å²) < 4.78 is 2.19. The molecule has 5 nitrogen and oxygen atoms in total. The van der Waals surface area contributed by atoms with Crippen LogP contribution in [0.2, 0.25) is 0 Å². The van der Waals surface area contributed by atoms with E-state index in [1.807, 2.05) is 25.1 Å². The molecule has 0 spiro atoms. The summed E-state index contributed by atoms with van der Waals surface area (Å²) in [7, 11) is 0. The number of imidazole rings is 1. The Hall–Kier alpha value is -2.29. The van der Waals surface area contributed by atoms with Gasteiger partial charge in [-0.25, -0.2) is 4.98 Å². The molecule has 5 rings (SSSR count). The van der Waals surface area contributed by atoms with E-state index < -0.39 is 5.60 Å². The van der Waals surface area contributed by atoms with Crippen molar-refractivity contribution < 1.29 is 5.11 Å². The summed E-state index contributed by atoms with van der Waals surface area (Å²) in [5.74, 6) is 1.19. The molecule has 1 aliphatic heterocycles. The van der Waals surface area contributed by atoms with Crippen molar-refractivity contribution in [3.05, 3.63) is 41.0 Å². The highest BCUT2D eigenvalue weighted by molar-refractivity contribution is 5.86. The molecule has 1 saturated heterocycles. The van der Waals surface area contributed by atoms with Crippen LogP contribution in [0.5, 0.6) is 0 Å². The van der Waals surface area contributed by atoms with E-state index in [2.05, 4.69) is 21.4 Å². The molecule has 1 fully saturated rings. The van der Waals surface area contributed by atoms with E-state index in [-0.39, 0.29) is 12.4 Å². The third kappa shape index (κ3) is 2.67. The van der Waals surface area contributed by atoms with Gasteiger partial charge in [0.25, 0.3) is 0 Å². The lowest BCUT2D eigenvalue weighted by Gasteiger charge is -2.38. The number of pyridine rings is 1. The van der Waals surface area contributed by atoms with Crippen molar-refractivity contribution in [1.29, 1.82) is 5.26 Å². The number of fused-ring (bicyclic) bond motifs is 4. The molecular weight excluding hydrogens is 360 g/mol. The number of anilines is 1. The molecule has 1 aliphatic carbocycles. The van der Waals surface area contributed by atoms with Crippen LogP contribution in [0.4, 0.5) is 5.82 Å². The van der Waals surface area contributed by atoms with Crippen LogP contribution in [-0.4, -0.2) is 33.2 Å². The molecule has 1 N–H and O–H groups in total. The predicted molar refractivity (Wildman–Crippen MR) is 109 cm³/mol. The van der Waals surface area contributed by atoms with Crippen LogP contribution >= 0.6 is 12.4 Å². The second kappa shape index (κ2) is 6.40. The van der Waals surface area contributed by atoms with Gasteiger partial charge in [0, 0.05) is 13.1 Å². The summed E-state index contributed by atoms with van der Waals surface area (Å²) in [6, 6.07) is 10.6. The Morgan fingerprint density at radius 2 is 1.85 bits per heavy atom. The van der Waals surface area contributed by atoms with Crippen molar-refractivity contribution in [3.8, 4) is 6.07 Å². The van der Waals surface area contributed by atoms with Crippen molar-refractivity contribution >= 4 is 34.9 Å². The third-order valence-electron chi connectivity index (χ3n) is 6.04. The standard InChI is InChI=1S/C21H22N4O.ClH/c1-21(26)9-11-24(12-10-21)20-15-6-4-5-14(15)16(13-22)19-23-17-7-2-3-8-18(17)25(19)20;/h2-3,7-8,26H,4-6,9-12H2,1H3;1H. The van der Waals surface area contributed by atoms with Crippen molar-refractivity contribution in [2.45, 2.75) is 44.6 Å². The summed E-state index contributed by atoms with van der Waals surface area (Å²) in [6.45, 7) is 3.58. The van der Waals surface area contributed by atoms with E-state index in [0.29, 0.717) is 0 Å². The molecule has 6 heteroatoms. The number of para-hydroxylation sites is 2. The lowest BCUT2D eigenvalue weighted by atomic mass is 9.93. The van der Waals surface area contributed by atoms with Gasteiger partial charge in [-0.15, -0.1) is 12.4 Å². The fraction of sp³-hybridized carbons (Fsp3) is 0.429. The third-order valence-corrected chi connectivity index (χ3v) is 6.04. The Morgan fingerprint density at radius 3 is 2.59 bits per heavy atom. The van der Waals surface area contributed by atoms with Crippen LogP contribution in [0.3, 0.4) is 0 Å². The molecule has 3 heterocycles. The number of hydrogen-bond donors (Lipinski definition) is 1. The SMILES string of the molecule is CC1(O)CCN(c2c3c(c(C#N)c4nc5ccccc5n24)CCC3)CC1.Cl. The van der Waals surface area contributed by atoms with E-state index >= 15 is 0 Å². The first-order valence-corrected chi connectivity index (χ1v) is 9.41. The van der Waals surface area contributed by atoms with Gasteiger partial charge < -0.3 is 10.0 Å². The summed E-state index contributed by atoms with van der Waals surface area (Å²) in [5, 5.41) is 20.2. The quantitative estimate of drug-likeness (QED) is 0.698. The smallest absolute Gasteiger partial charge is 0.157 e. The predicted octanol–water partition coefficient (Wildman–Crippen LogP) is 3.62. The molecule has 0 saturated carbocycles. The van der Waals surface area contributed by atoms with Crippen LogP contribution in [0.1, 0.15) is 42.9 Å². The minimum absolute atomic E-state index is 0. The Kier molecular flexibility index (Phi) is 4.29. The van der Waals surface area contributed by atoms with Gasteiger partial charge in [0.15, 0.2) is 5.65 Å². The number of piperidine rings is 1. The fourth-order valence-electron chi connectivity index (χ4n) is 4.59. The maximum atomic E-state index is 10.4. The molecule has 27 heavy (non-hydrogen) atoms. The molecule has 2 aromatic heterocycles. The molecule has 0 atom stereocenters. The molecule has 2 aliphatic rings. The zero-order valence-electron chi connectivity index (χ0n) is 15.4. The Bertz CT molecular complexity index is 1070. The van der Waals surface area contributed by atoms with E-state index in [0.717, 1.165) is 67.4 Å². The highest BCUT2D eigenvalue weighted by Crippen LogP contribution is 2.39. The van der Waals surface area contributed by atoms with E-state index in [1.165, 1.54) is 16.9 Å². The van der Waals surface area contributed by atoms with Crippen LogP contribution in [0, 0.1) is 11.3 Å². The fourth-order valence-corrected chi connectivity index (χ4v) is 4.59. The number of aliphatic hydroxyl groups is 1. The van der Waals surface area contributed by atoms with Crippen molar-refractivity contribution in [1.82, 2.24) is 9.38 Å². The Morgan fingerprint density at radius 1 is 1.15 bits per heavy atom. The summed E-state index contributed by atoms with van der Waals surface area (Å²) in [4.78, 5) is 7.21. The second-order valence-electron chi connectivity index (χ2n) is 7.86. The van der Waals surface area contributed by atoms with Gasteiger partial charge in [-0.2, -0.15) is 5.26 Å². The molecule has 0 radical (unpaired) electrons. The van der Waals surface area contributed by atoms with Crippen molar-refractivity contribution in [3.63, 3.8) is 0 Å². The van der Waals surface area contributed by atoms with Crippen LogP contribution in [0.25, 0.3) is 16.7 Å². The highest BCUT2D eigenvalue weighted by Gasteiger charge is 2.33. The minimum Gasteiger partial charge on any atom is -0.390 e. The lowest BCUT2D eigenvalue weighted by molar-refractivity contribution is 0.0349. The Labute approximate surface area is 164 Å². The number of rotatable bonds is 1. The van der Waals surface area contributed by atoms with Gasteiger partial charge in [0.2, 0.25) is 0 Å². The monoisotopic (exact) mass is 382 g/mol. The number of benzene rings is 1. The summed E-state index contributed by atoms with van der Waals surface area (Å²) >= 11 is 0. The zero-order valence-corrected chi connectivity index (χ0v) is 16.2. The topological polar surface area (TPSA) is 64.6 Å². The van der Waals surface area contributed by atoms with Gasteiger partial charge in [0.1, 0.15) is 11.9 Å². The van der Waals surface area contributed by atoms with Crippen molar-refractivity contribution in [2.24, 2.45) is 0 Å². The first-order chi connectivity index (χ1) is 12.6. The number of halogens is 1. The normalized spacial score (nSPS) is 18.3. The molecule has 1 aromatic carbocycles. The van der Waals surface area contributed by atoms with Crippen LogP contribution in [0.15, 0.2) is 24.3 Å². The summed E-state index contributed by atoms with van der Waals surface area (Å²) in [5.41, 5.74) is 5.41. The maximum Gasteiger partial charge on any atom is 0.157 e. The van der Waals surface area contributed by atoms with E-state index in [1.54, 1.807) is 0 Å². The lowest BCUT2D eigenvalue weighted by Crippen LogP contribution is -2.43. The molecule has 140 valence electrons. The molecular formula is C21H23ClN4O. The first kappa shape index (κ1) is 18.1. The van der Waals surface area contributed by atoms with E-state index in [9.17, 15) is 10.4 Å². The van der Waals surface area contributed by atoms with Gasteiger partial charge in [-0.1, -0.05) is 12.1 Å². The first-order valence-electron chi connectivity index (χ1n) is 9.41. The Balaban J connectivity index is 0.00000180. The van der Waals surface area contributed by atoms with Crippen LogP contribution in [-0.2, 0) is 12.8 Å². The zero-order chi connectivity index (χ0) is 17.9. The van der Waals surface area contributed by atoms with Gasteiger partial charge in [-0.05, 0) is 62.3 Å². The summed E-state index contributed by atoms with van der Waals surface area (Å²) in [6.07, 6.45) is 4.57. The largest absolute Gasteiger partial charge is 0.390 e. The number of nitriles is 1. The second-order valence-corrected chi connectivity index (χ2v) is 7.86. The molecule has 0 amide bonds. The van der Waals surface area contributed by atoms with E-state index in [4.69, 9.17) is 4.98 Å². The average molecular weight is 383 g/mol. The van der Waals surface area contributed by atoms with Gasteiger partial charge >= 0.3 is 0 Å². The van der Waals surface area contributed by atoms with Crippen molar-refractivity contribution in [2.75, 3.05) is 18.0 Å². The van der Waals surface area contributed by atoms with Crippen LogP contribution < -0.4 is 4.90 Å². The minimum atomic E-state index is -0.581. The molecule has 0 unspecified atom stereocenters. The number of aromatic nitrogens is 2. The van der Waals surface area contributed by atoms with Gasteiger partial charge in [-0.3, -0.25) is 4.40 Å². The number of hydrogen-bond acceptors (Lipinski definition) is 4. The average Bonchev–Trinajstić information content (AvgIpc) is 3.25. The molecule has 3 aromatic rings. The molecule has 0 bridgehead atoms. The maximum absolute atomic E-state index is 10.4. The van der Waals surface area contributed by atoms with Gasteiger partial charge in [0.05, 0.1) is 22.2 Å². The number of nitrogens with zero attached hydrogens (tertiary/aromatic N) is 4. The highest BCUT2D eigenvalue weighted by atomic mass is 35.5.